The number of aliphatic hydroxyl groups excluding tert-OH is 1. The van der Waals surface area contributed by atoms with Crippen molar-refractivity contribution >= 4 is 16.9 Å². The first-order valence-corrected chi connectivity index (χ1v) is 12.1. The molecule has 0 aliphatic heterocycles. The average Bonchev–Trinajstić information content (AvgIpc) is 3.55. The summed E-state index contributed by atoms with van der Waals surface area (Å²) in [4.78, 5) is 8.20. The third-order valence-electron chi connectivity index (χ3n) is 5.37. The van der Waals surface area contributed by atoms with Crippen molar-refractivity contribution in [3.63, 3.8) is 0 Å². The van der Waals surface area contributed by atoms with E-state index < -0.39 is 28.9 Å². The van der Waals surface area contributed by atoms with Gasteiger partial charge in [-0.2, -0.15) is 13.9 Å². The highest BCUT2D eigenvalue weighted by molar-refractivity contribution is 7.87. The van der Waals surface area contributed by atoms with Crippen molar-refractivity contribution < 1.29 is 27.6 Å². The standard InChI is InChI=1S/C22H24F2N8O4S/c1-12-10-25-19(26-11-12)18(33)13(2)37(34)30-22-28-27-20(14-8-9-31(29-14)21(23)24)32(22)17-15(35-3)6-5-7-16(17)36-4/h5-11,13,18,21,33H,1-4H3,(H,28,30). The van der Waals surface area contributed by atoms with Crippen LogP contribution in [0.3, 0.4) is 0 Å². The second-order valence-corrected chi connectivity index (χ2v) is 9.36. The van der Waals surface area contributed by atoms with E-state index >= 15 is 0 Å². The molecular weight excluding hydrogens is 510 g/mol. The summed E-state index contributed by atoms with van der Waals surface area (Å²) in [5.41, 5.74) is 1.19. The van der Waals surface area contributed by atoms with Crippen molar-refractivity contribution in [3.8, 4) is 28.7 Å². The van der Waals surface area contributed by atoms with Crippen LogP contribution < -0.4 is 14.2 Å². The summed E-state index contributed by atoms with van der Waals surface area (Å²) in [7, 11) is 0.958. The van der Waals surface area contributed by atoms with Gasteiger partial charge in [-0.05, 0) is 37.6 Å². The first-order chi connectivity index (χ1) is 17.7. The summed E-state index contributed by atoms with van der Waals surface area (Å²) in [5.74, 6) is 0.801. The molecule has 37 heavy (non-hydrogen) atoms. The van der Waals surface area contributed by atoms with Crippen molar-refractivity contribution in [2.45, 2.75) is 31.8 Å². The summed E-state index contributed by atoms with van der Waals surface area (Å²) < 4.78 is 55.2. The first kappa shape index (κ1) is 26.1. The molecule has 3 aromatic heterocycles. The Balaban J connectivity index is 1.77. The normalized spacial score (nSPS) is 13.8. The Morgan fingerprint density at radius 1 is 1.08 bits per heavy atom. The molecule has 4 rings (SSSR count). The predicted molar refractivity (Wildman–Crippen MR) is 130 cm³/mol. The smallest absolute Gasteiger partial charge is 0.333 e. The maximum Gasteiger partial charge on any atom is 0.333 e. The molecule has 2 N–H and O–H groups in total. The maximum absolute atomic E-state index is 13.2. The summed E-state index contributed by atoms with van der Waals surface area (Å²) in [6, 6.07) is 6.35. The zero-order chi connectivity index (χ0) is 26.7. The quantitative estimate of drug-likeness (QED) is 0.314. The van der Waals surface area contributed by atoms with Crippen LogP contribution in [0.15, 0.2) is 42.9 Å². The van der Waals surface area contributed by atoms with Gasteiger partial charge in [0.25, 0.3) is 0 Å². The molecule has 0 radical (unpaired) electrons. The Bertz CT molecular complexity index is 1370. The molecule has 0 saturated carbocycles. The van der Waals surface area contributed by atoms with E-state index in [9.17, 15) is 18.1 Å². The number of nitrogens with one attached hydrogen (secondary N) is 1. The van der Waals surface area contributed by atoms with Crippen molar-refractivity contribution in [3.05, 3.63) is 54.2 Å². The van der Waals surface area contributed by atoms with Gasteiger partial charge in [0.1, 0.15) is 40.0 Å². The highest BCUT2D eigenvalue weighted by Crippen LogP contribution is 2.37. The zero-order valence-electron chi connectivity index (χ0n) is 20.2. The Morgan fingerprint density at radius 3 is 2.30 bits per heavy atom. The van der Waals surface area contributed by atoms with Crippen LogP contribution in [-0.4, -0.2) is 63.3 Å². The van der Waals surface area contributed by atoms with Gasteiger partial charge in [-0.15, -0.1) is 10.2 Å². The first-order valence-electron chi connectivity index (χ1n) is 10.9. The fraction of sp³-hybridized carbons (Fsp3) is 0.318. The van der Waals surface area contributed by atoms with Crippen LogP contribution in [-0.2, 0) is 11.0 Å². The number of aryl methyl sites for hydroxylation is 1. The highest BCUT2D eigenvalue weighted by atomic mass is 32.2. The number of hydrogen-bond donors (Lipinski definition) is 2. The fourth-order valence-corrected chi connectivity index (χ4v) is 4.27. The minimum atomic E-state index is -2.86. The van der Waals surface area contributed by atoms with Crippen LogP contribution in [0.1, 0.15) is 31.0 Å². The average molecular weight is 535 g/mol. The third-order valence-corrected chi connectivity index (χ3v) is 6.68. The number of benzene rings is 1. The van der Waals surface area contributed by atoms with E-state index in [2.05, 4.69) is 30.0 Å². The molecule has 3 atom stereocenters. The van der Waals surface area contributed by atoms with Gasteiger partial charge < -0.3 is 14.6 Å². The number of rotatable bonds is 10. The van der Waals surface area contributed by atoms with Crippen LogP contribution in [0.5, 0.6) is 11.5 Å². The number of nitrogens with zero attached hydrogens (tertiary/aromatic N) is 7. The molecule has 0 bridgehead atoms. The summed E-state index contributed by atoms with van der Waals surface area (Å²) in [5, 5.41) is 21.9. The summed E-state index contributed by atoms with van der Waals surface area (Å²) in [6.07, 6.45) is 2.94. The van der Waals surface area contributed by atoms with Crippen molar-refractivity contribution in [2.75, 3.05) is 18.9 Å². The third kappa shape index (κ3) is 5.27. The van der Waals surface area contributed by atoms with Crippen molar-refractivity contribution in [1.82, 2.24) is 34.5 Å². The second kappa shape index (κ2) is 11.0. The van der Waals surface area contributed by atoms with Gasteiger partial charge in [-0.3, -0.25) is 9.29 Å². The topological polar surface area (TPSA) is 142 Å². The van der Waals surface area contributed by atoms with Crippen LogP contribution in [0, 0.1) is 6.92 Å². The number of aromatic nitrogens is 7. The van der Waals surface area contributed by atoms with Gasteiger partial charge in [0.05, 0.1) is 19.5 Å². The van der Waals surface area contributed by atoms with E-state index in [1.807, 2.05) is 0 Å². The molecular formula is C22H24F2N8O4S. The zero-order valence-corrected chi connectivity index (χ0v) is 21.1. The van der Waals surface area contributed by atoms with Gasteiger partial charge in [0.2, 0.25) is 5.95 Å². The molecule has 0 aliphatic carbocycles. The number of alkyl halides is 2. The largest absolute Gasteiger partial charge is 0.494 e. The maximum atomic E-state index is 13.2. The minimum absolute atomic E-state index is 0.0356. The highest BCUT2D eigenvalue weighted by Gasteiger charge is 2.29. The molecule has 15 heteroatoms. The van der Waals surface area contributed by atoms with Crippen molar-refractivity contribution in [1.29, 1.82) is 0 Å². The van der Waals surface area contributed by atoms with Crippen molar-refractivity contribution in [2.24, 2.45) is 0 Å². The Labute approximate surface area is 212 Å². The molecule has 0 amide bonds. The number of methoxy groups -OCH3 is 2. The van der Waals surface area contributed by atoms with Gasteiger partial charge in [-0.25, -0.2) is 18.9 Å². The lowest BCUT2D eigenvalue weighted by atomic mass is 10.2. The van der Waals surface area contributed by atoms with E-state index in [1.165, 1.54) is 24.9 Å². The van der Waals surface area contributed by atoms with Gasteiger partial charge >= 0.3 is 6.55 Å². The van der Waals surface area contributed by atoms with Crippen LogP contribution in [0.2, 0.25) is 0 Å². The molecule has 12 nitrogen and oxygen atoms in total. The fourth-order valence-electron chi connectivity index (χ4n) is 3.41. The molecule has 3 unspecified atom stereocenters. The Hall–Kier alpha value is -3.98. The molecule has 1 aromatic carbocycles. The molecule has 0 aliphatic rings. The van der Waals surface area contributed by atoms with E-state index in [0.717, 1.165) is 11.8 Å². The Kier molecular flexibility index (Phi) is 7.73. The Morgan fingerprint density at radius 2 is 1.73 bits per heavy atom. The molecule has 0 spiro atoms. The SMILES string of the molecule is COc1cccc(OC)c1-n1c(NS(=O)C(C)C(O)c2ncc(C)cn2)nnc1-c1ccn(C(F)F)n1. The number of hydrogen-bond acceptors (Lipinski definition) is 9. The number of para-hydroxylation sites is 1. The van der Waals surface area contributed by atoms with Crippen LogP contribution in [0.4, 0.5) is 14.7 Å². The van der Waals surface area contributed by atoms with E-state index in [1.54, 1.807) is 44.4 Å². The van der Waals surface area contributed by atoms with Gasteiger partial charge in [-0.1, -0.05) is 6.07 Å². The van der Waals surface area contributed by atoms with Crippen LogP contribution >= 0.6 is 0 Å². The number of halogens is 2. The molecule has 3 heterocycles. The minimum Gasteiger partial charge on any atom is -0.494 e. The van der Waals surface area contributed by atoms with E-state index in [4.69, 9.17) is 9.47 Å². The van der Waals surface area contributed by atoms with Gasteiger partial charge in [0, 0.05) is 18.6 Å². The summed E-state index contributed by atoms with van der Waals surface area (Å²) >= 11 is 0. The molecule has 196 valence electrons. The number of aliphatic hydroxyl groups is 1. The predicted octanol–water partition coefficient (Wildman–Crippen LogP) is 2.84. The summed E-state index contributed by atoms with van der Waals surface area (Å²) in [6.45, 7) is 0.495. The van der Waals surface area contributed by atoms with Gasteiger partial charge in [0.15, 0.2) is 11.6 Å². The molecule has 4 aromatic rings. The molecule has 0 fully saturated rings. The lowest BCUT2D eigenvalue weighted by molar-refractivity contribution is 0.0568. The monoisotopic (exact) mass is 534 g/mol. The number of anilines is 1. The number of ether oxygens (including phenoxy) is 2. The van der Waals surface area contributed by atoms with Crippen LogP contribution in [0.25, 0.3) is 17.2 Å². The second-order valence-electron chi connectivity index (χ2n) is 7.82. The van der Waals surface area contributed by atoms with E-state index in [0.29, 0.717) is 21.9 Å². The lowest BCUT2D eigenvalue weighted by Gasteiger charge is -2.20. The molecule has 0 saturated heterocycles. The van der Waals surface area contributed by atoms with E-state index in [-0.39, 0.29) is 23.3 Å². The lowest BCUT2D eigenvalue weighted by Crippen LogP contribution is -2.27.